The number of carbonyl (C=O) groups is 1. The summed E-state index contributed by atoms with van der Waals surface area (Å²) in [5.41, 5.74) is 0. The van der Waals surface area contributed by atoms with Crippen LogP contribution in [0.3, 0.4) is 0 Å². The molecule has 0 aromatic heterocycles. The molecule has 0 rings (SSSR count). The van der Waals surface area contributed by atoms with Crippen molar-refractivity contribution < 1.29 is 9.53 Å². The van der Waals surface area contributed by atoms with Gasteiger partial charge in [0.2, 0.25) is 0 Å². The molecular weight excluding hydrogens is 142 g/mol. The van der Waals surface area contributed by atoms with Gasteiger partial charge in [0, 0.05) is 6.42 Å². The minimum absolute atomic E-state index is 0.236. The number of nitriles is 1. The molecule has 0 aromatic carbocycles. The lowest BCUT2D eigenvalue weighted by molar-refractivity contribution is -0.147. The monoisotopic (exact) mass is 155 g/mol. The standard InChI is InChI=1S/C8H13NO2/c1-3-7(5-6-9)8(10)11-4-2/h7H,3-5H2,1-2H3. The third kappa shape index (κ3) is 3.61. The third-order valence-corrected chi connectivity index (χ3v) is 1.45. The summed E-state index contributed by atoms with van der Waals surface area (Å²) in [6, 6.07) is 1.96. The van der Waals surface area contributed by atoms with Crippen LogP contribution in [0.1, 0.15) is 26.7 Å². The molecule has 0 saturated carbocycles. The van der Waals surface area contributed by atoms with Crippen molar-refractivity contribution >= 4 is 5.97 Å². The highest BCUT2D eigenvalue weighted by Gasteiger charge is 2.16. The first-order valence-electron chi connectivity index (χ1n) is 3.79. The highest BCUT2D eigenvalue weighted by atomic mass is 16.5. The Bertz CT molecular complexity index is 160. The molecule has 0 N–H and O–H groups in total. The first kappa shape index (κ1) is 9.96. The van der Waals surface area contributed by atoms with Gasteiger partial charge in [0.05, 0.1) is 18.6 Å². The third-order valence-electron chi connectivity index (χ3n) is 1.45. The molecule has 0 fully saturated rings. The van der Waals surface area contributed by atoms with Crippen molar-refractivity contribution in [1.82, 2.24) is 0 Å². The van der Waals surface area contributed by atoms with Gasteiger partial charge in [-0.15, -0.1) is 0 Å². The average molecular weight is 155 g/mol. The highest BCUT2D eigenvalue weighted by molar-refractivity contribution is 5.72. The molecule has 11 heavy (non-hydrogen) atoms. The van der Waals surface area contributed by atoms with Crippen molar-refractivity contribution in [1.29, 1.82) is 5.26 Å². The molecule has 0 aliphatic rings. The van der Waals surface area contributed by atoms with E-state index in [9.17, 15) is 4.79 Å². The van der Waals surface area contributed by atoms with E-state index in [1.54, 1.807) is 6.92 Å². The van der Waals surface area contributed by atoms with Gasteiger partial charge in [-0.3, -0.25) is 4.79 Å². The van der Waals surface area contributed by atoms with Gasteiger partial charge in [0.1, 0.15) is 0 Å². The molecule has 1 atom stereocenters. The molecule has 0 amide bonds. The zero-order chi connectivity index (χ0) is 8.69. The van der Waals surface area contributed by atoms with E-state index in [0.717, 1.165) is 0 Å². The Kier molecular flexibility index (Phi) is 5.18. The summed E-state index contributed by atoms with van der Waals surface area (Å²) < 4.78 is 4.76. The SMILES string of the molecule is CCOC(=O)C(CC)CC#N. The van der Waals surface area contributed by atoms with E-state index in [1.165, 1.54) is 0 Å². The zero-order valence-electron chi connectivity index (χ0n) is 6.96. The molecule has 62 valence electrons. The Morgan fingerprint density at radius 2 is 2.27 bits per heavy atom. The van der Waals surface area contributed by atoms with E-state index in [2.05, 4.69) is 0 Å². The van der Waals surface area contributed by atoms with Gasteiger partial charge in [0.15, 0.2) is 0 Å². The van der Waals surface area contributed by atoms with Gasteiger partial charge in [-0.1, -0.05) is 6.92 Å². The van der Waals surface area contributed by atoms with Crippen molar-refractivity contribution in [2.75, 3.05) is 6.61 Å². The fourth-order valence-electron chi connectivity index (χ4n) is 0.765. The van der Waals surface area contributed by atoms with Crippen LogP contribution in [0, 0.1) is 17.2 Å². The van der Waals surface area contributed by atoms with Crippen LogP contribution in [-0.2, 0) is 9.53 Å². The number of carbonyl (C=O) groups excluding carboxylic acids is 1. The van der Waals surface area contributed by atoms with Crippen molar-refractivity contribution in [2.45, 2.75) is 26.7 Å². The normalized spacial score (nSPS) is 11.7. The molecule has 0 spiro atoms. The number of rotatable bonds is 4. The maximum atomic E-state index is 11.0. The van der Waals surface area contributed by atoms with Gasteiger partial charge in [-0.2, -0.15) is 5.26 Å². The molecule has 0 saturated heterocycles. The molecule has 0 aromatic rings. The Labute approximate surface area is 67.0 Å². The molecule has 0 aliphatic heterocycles. The van der Waals surface area contributed by atoms with Crippen molar-refractivity contribution in [3.05, 3.63) is 0 Å². The molecule has 0 heterocycles. The summed E-state index contributed by atoms with van der Waals surface area (Å²) in [5, 5.41) is 8.33. The van der Waals surface area contributed by atoms with Crippen LogP contribution in [0.2, 0.25) is 0 Å². The molecule has 0 radical (unpaired) electrons. The Morgan fingerprint density at radius 3 is 2.64 bits per heavy atom. The minimum Gasteiger partial charge on any atom is -0.466 e. The first-order valence-corrected chi connectivity index (χ1v) is 3.79. The summed E-state index contributed by atoms with van der Waals surface area (Å²) in [5.74, 6) is -0.489. The second-order valence-electron chi connectivity index (χ2n) is 2.22. The predicted molar refractivity (Wildman–Crippen MR) is 40.6 cm³/mol. The number of esters is 1. The van der Waals surface area contributed by atoms with Crippen LogP contribution >= 0.6 is 0 Å². The fourth-order valence-corrected chi connectivity index (χ4v) is 0.765. The predicted octanol–water partition coefficient (Wildman–Crippen LogP) is 1.49. The topological polar surface area (TPSA) is 50.1 Å². The highest BCUT2D eigenvalue weighted by Crippen LogP contribution is 2.08. The van der Waals surface area contributed by atoms with Gasteiger partial charge in [-0.25, -0.2) is 0 Å². The van der Waals surface area contributed by atoms with Crippen LogP contribution < -0.4 is 0 Å². The zero-order valence-corrected chi connectivity index (χ0v) is 6.96. The quantitative estimate of drug-likeness (QED) is 0.578. The Hall–Kier alpha value is -1.04. The molecule has 3 nitrogen and oxygen atoms in total. The molecular formula is C8H13NO2. The van der Waals surface area contributed by atoms with E-state index < -0.39 is 0 Å². The number of hydrogen-bond donors (Lipinski definition) is 0. The van der Waals surface area contributed by atoms with Crippen molar-refractivity contribution in [3.63, 3.8) is 0 Å². The van der Waals surface area contributed by atoms with Gasteiger partial charge in [-0.05, 0) is 13.3 Å². The summed E-state index contributed by atoms with van der Waals surface area (Å²) in [4.78, 5) is 11.0. The van der Waals surface area contributed by atoms with Crippen molar-refractivity contribution in [2.24, 2.45) is 5.92 Å². The fraction of sp³-hybridized carbons (Fsp3) is 0.750. The number of hydrogen-bond acceptors (Lipinski definition) is 3. The number of nitrogens with zero attached hydrogens (tertiary/aromatic N) is 1. The van der Waals surface area contributed by atoms with Crippen LogP contribution in [0.4, 0.5) is 0 Å². The lowest BCUT2D eigenvalue weighted by atomic mass is 10.0. The Morgan fingerprint density at radius 1 is 1.64 bits per heavy atom. The van der Waals surface area contributed by atoms with Crippen LogP contribution in [-0.4, -0.2) is 12.6 Å². The van der Waals surface area contributed by atoms with Gasteiger partial charge < -0.3 is 4.74 Å². The summed E-state index contributed by atoms with van der Waals surface area (Å²) in [6.45, 7) is 4.02. The maximum Gasteiger partial charge on any atom is 0.309 e. The van der Waals surface area contributed by atoms with Crippen molar-refractivity contribution in [3.8, 4) is 6.07 Å². The summed E-state index contributed by atoms with van der Waals surface area (Å²) in [6.07, 6.45) is 0.932. The van der Waals surface area contributed by atoms with Crippen LogP contribution in [0.15, 0.2) is 0 Å². The van der Waals surface area contributed by atoms with Gasteiger partial charge >= 0.3 is 5.97 Å². The molecule has 0 bridgehead atoms. The van der Waals surface area contributed by atoms with E-state index in [4.69, 9.17) is 10.00 Å². The smallest absolute Gasteiger partial charge is 0.309 e. The average Bonchev–Trinajstić information content (AvgIpc) is 2.00. The molecule has 0 aliphatic carbocycles. The van der Waals surface area contributed by atoms with E-state index >= 15 is 0 Å². The Balaban J connectivity index is 3.83. The molecule has 3 heteroatoms. The largest absolute Gasteiger partial charge is 0.466 e. The van der Waals surface area contributed by atoms with E-state index in [-0.39, 0.29) is 18.3 Å². The second-order valence-corrected chi connectivity index (χ2v) is 2.22. The van der Waals surface area contributed by atoms with E-state index in [0.29, 0.717) is 13.0 Å². The van der Waals surface area contributed by atoms with Crippen LogP contribution in [0.5, 0.6) is 0 Å². The lowest BCUT2D eigenvalue weighted by Crippen LogP contribution is -2.16. The summed E-state index contributed by atoms with van der Waals surface area (Å²) >= 11 is 0. The van der Waals surface area contributed by atoms with E-state index in [1.807, 2.05) is 13.0 Å². The summed E-state index contributed by atoms with van der Waals surface area (Å²) in [7, 11) is 0. The second kappa shape index (κ2) is 5.72. The first-order chi connectivity index (χ1) is 5.26. The lowest BCUT2D eigenvalue weighted by Gasteiger charge is -2.08. The molecule has 1 unspecified atom stereocenters. The maximum absolute atomic E-state index is 11.0. The minimum atomic E-state index is -0.253. The number of ether oxygens (including phenoxy) is 1. The van der Waals surface area contributed by atoms with Crippen LogP contribution in [0.25, 0.3) is 0 Å². The van der Waals surface area contributed by atoms with Gasteiger partial charge in [0.25, 0.3) is 0 Å².